The summed E-state index contributed by atoms with van der Waals surface area (Å²) in [6, 6.07) is 12.3. The van der Waals surface area contributed by atoms with E-state index in [0.29, 0.717) is 17.4 Å². The third-order valence-electron chi connectivity index (χ3n) is 5.92. The molecule has 2 amide bonds. The van der Waals surface area contributed by atoms with Crippen molar-refractivity contribution < 1.29 is 14.0 Å². The highest BCUT2D eigenvalue weighted by atomic mass is 32.2. The van der Waals surface area contributed by atoms with Gasteiger partial charge in [-0.15, -0.1) is 11.8 Å². The number of halogens is 1. The zero-order chi connectivity index (χ0) is 21.3. The number of carbonyl (C=O) groups is 2. The van der Waals surface area contributed by atoms with E-state index in [-0.39, 0.29) is 23.0 Å². The van der Waals surface area contributed by atoms with Crippen molar-refractivity contribution in [3.8, 4) is 0 Å². The van der Waals surface area contributed by atoms with Gasteiger partial charge >= 0.3 is 0 Å². The molecule has 2 heterocycles. The fraction of sp³-hybridized carbons (Fsp3) is 0.391. The summed E-state index contributed by atoms with van der Waals surface area (Å²) < 4.78 is 13.3. The van der Waals surface area contributed by atoms with E-state index in [0.717, 1.165) is 42.7 Å². The van der Waals surface area contributed by atoms with Gasteiger partial charge in [0.05, 0.1) is 5.75 Å². The van der Waals surface area contributed by atoms with E-state index in [4.69, 9.17) is 0 Å². The summed E-state index contributed by atoms with van der Waals surface area (Å²) in [4.78, 5) is 29.3. The standard InChI is InChI=1S/C23H26FN3O2S/c1-15-13-17(22(29)26-11-9-19(25-2)10-12-26)5-8-20(15)27-21(28)14-30-23(27)16-3-6-18(24)7-4-16/h3-8,13,19,23,25H,9-12,14H2,1-2H3. The normalized spacial score (nSPS) is 20.1. The summed E-state index contributed by atoms with van der Waals surface area (Å²) in [5.41, 5.74) is 3.22. The number of amides is 2. The summed E-state index contributed by atoms with van der Waals surface area (Å²) in [6.45, 7) is 3.43. The number of nitrogens with zero attached hydrogens (tertiary/aromatic N) is 2. The Hall–Kier alpha value is -2.38. The Bertz CT molecular complexity index is 942. The molecule has 4 rings (SSSR count). The molecule has 0 radical (unpaired) electrons. The Morgan fingerprint density at radius 1 is 1.13 bits per heavy atom. The number of likely N-dealkylation sites (tertiary alicyclic amines) is 1. The van der Waals surface area contributed by atoms with Crippen molar-refractivity contribution >= 4 is 29.3 Å². The molecule has 30 heavy (non-hydrogen) atoms. The molecule has 2 aliphatic heterocycles. The van der Waals surface area contributed by atoms with E-state index in [9.17, 15) is 14.0 Å². The number of benzene rings is 2. The Labute approximate surface area is 180 Å². The van der Waals surface area contributed by atoms with Gasteiger partial charge in [-0.1, -0.05) is 12.1 Å². The van der Waals surface area contributed by atoms with Gasteiger partial charge < -0.3 is 10.2 Å². The summed E-state index contributed by atoms with van der Waals surface area (Å²) in [7, 11) is 1.96. The van der Waals surface area contributed by atoms with Crippen molar-refractivity contribution in [1.29, 1.82) is 0 Å². The van der Waals surface area contributed by atoms with Crippen LogP contribution in [0.4, 0.5) is 10.1 Å². The lowest BCUT2D eigenvalue weighted by Gasteiger charge is -2.32. The van der Waals surface area contributed by atoms with Gasteiger partial charge in [-0.25, -0.2) is 4.39 Å². The Morgan fingerprint density at radius 2 is 1.83 bits per heavy atom. The maximum Gasteiger partial charge on any atom is 0.253 e. The monoisotopic (exact) mass is 427 g/mol. The Balaban J connectivity index is 1.55. The van der Waals surface area contributed by atoms with Gasteiger partial charge in [-0.2, -0.15) is 0 Å². The van der Waals surface area contributed by atoms with Crippen molar-refractivity contribution in [2.75, 3.05) is 30.8 Å². The molecular formula is C23H26FN3O2S. The average Bonchev–Trinajstić information content (AvgIpc) is 3.15. The first kappa shape index (κ1) is 20.9. The molecule has 2 aliphatic rings. The zero-order valence-corrected chi connectivity index (χ0v) is 18.0. The second kappa shape index (κ2) is 8.78. The van der Waals surface area contributed by atoms with Crippen LogP contribution in [0, 0.1) is 12.7 Å². The predicted octanol–water partition coefficient (Wildman–Crippen LogP) is 3.74. The molecule has 158 valence electrons. The van der Waals surface area contributed by atoms with Crippen LogP contribution in [0.2, 0.25) is 0 Å². The lowest BCUT2D eigenvalue weighted by Crippen LogP contribution is -2.44. The molecule has 0 aromatic heterocycles. The number of aryl methyl sites for hydroxylation is 1. The fourth-order valence-electron chi connectivity index (χ4n) is 4.17. The molecule has 0 bridgehead atoms. The molecule has 2 saturated heterocycles. The number of nitrogens with one attached hydrogen (secondary N) is 1. The van der Waals surface area contributed by atoms with Crippen molar-refractivity contribution in [3.63, 3.8) is 0 Å². The van der Waals surface area contributed by atoms with Gasteiger partial charge in [-0.3, -0.25) is 14.5 Å². The highest BCUT2D eigenvalue weighted by Crippen LogP contribution is 2.42. The number of thioether (sulfide) groups is 1. The minimum absolute atomic E-state index is 0.0191. The molecule has 5 nitrogen and oxygen atoms in total. The highest BCUT2D eigenvalue weighted by molar-refractivity contribution is 8.00. The number of carbonyl (C=O) groups excluding carboxylic acids is 2. The summed E-state index contributed by atoms with van der Waals surface area (Å²) in [6.07, 6.45) is 1.91. The SMILES string of the molecule is CNC1CCN(C(=O)c2ccc(N3C(=O)CSC3c3ccc(F)cc3)c(C)c2)CC1. The molecule has 2 aromatic carbocycles. The summed E-state index contributed by atoms with van der Waals surface area (Å²) in [5.74, 6) is 0.141. The third-order valence-corrected chi connectivity index (χ3v) is 7.13. The Kier molecular flexibility index (Phi) is 6.11. The number of rotatable bonds is 4. The van der Waals surface area contributed by atoms with Gasteiger partial charge in [0.2, 0.25) is 5.91 Å². The second-order valence-electron chi connectivity index (χ2n) is 7.84. The minimum atomic E-state index is -0.294. The van der Waals surface area contributed by atoms with Crippen LogP contribution in [0.1, 0.15) is 39.7 Å². The molecular weight excluding hydrogens is 401 g/mol. The number of hydrogen-bond acceptors (Lipinski definition) is 4. The van der Waals surface area contributed by atoms with Crippen LogP contribution >= 0.6 is 11.8 Å². The maximum absolute atomic E-state index is 13.3. The quantitative estimate of drug-likeness (QED) is 0.808. The Morgan fingerprint density at radius 3 is 2.47 bits per heavy atom. The molecule has 0 spiro atoms. The molecule has 1 N–H and O–H groups in total. The van der Waals surface area contributed by atoms with Gasteiger partial charge in [0, 0.05) is 30.4 Å². The van der Waals surface area contributed by atoms with Crippen molar-refractivity contribution in [3.05, 3.63) is 65.0 Å². The molecule has 0 saturated carbocycles. The fourth-order valence-corrected chi connectivity index (χ4v) is 5.34. The van der Waals surface area contributed by atoms with Crippen LogP contribution in [0.25, 0.3) is 0 Å². The van der Waals surface area contributed by atoms with E-state index in [1.807, 2.05) is 37.1 Å². The van der Waals surface area contributed by atoms with Crippen molar-refractivity contribution in [2.45, 2.75) is 31.2 Å². The molecule has 1 atom stereocenters. The van der Waals surface area contributed by atoms with Crippen LogP contribution in [-0.4, -0.2) is 48.6 Å². The lowest BCUT2D eigenvalue weighted by molar-refractivity contribution is -0.115. The van der Waals surface area contributed by atoms with Gasteiger partial charge in [-0.05, 0) is 68.3 Å². The van der Waals surface area contributed by atoms with E-state index < -0.39 is 0 Å². The summed E-state index contributed by atoms with van der Waals surface area (Å²) >= 11 is 1.53. The number of anilines is 1. The molecule has 2 aromatic rings. The van der Waals surface area contributed by atoms with E-state index in [1.54, 1.807) is 17.0 Å². The van der Waals surface area contributed by atoms with Crippen LogP contribution in [0.15, 0.2) is 42.5 Å². The number of piperidine rings is 1. The largest absolute Gasteiger partial charge is 0.339 e. The summed E-state index contributed by atoms with van der Waals surface area (Å²) in [5, 5.41) is 3.08. The minimum Gasteiger partial charge on any atom is -0.339 e. The first-order chi connectivity index (χ1) is 14.5. The molecule has 1 unspecified atom stereocenters. The molecule has 2 fully saturated rings. The molecule has 7 heteroatoms. The van der Waals surface area contributed by atoms with E-state index in [1.165, 1.54) is 23.9 Å². The average molecular weight is 428 g/mol. The maximum atomic E-state index is 13.3. The van der Waals surface area contributed by atoms with Crippen LogP contribution < -0.4 is 10.2 Å². The first-order valence-corrected chi connectivity index (χ1v) is 11.3. The predicted molar refractivity (Wildman–Crippen MR) is 118 cm³/mol. The highest BCUT2D eigenvalue weighted by Gasteiger charge is 2.35. The van der Waals surface area contributed by atoms with Crippen LogP contribution in [-0.2, 0) is 4.79 Å². The topological polar surface area (TPSA) is 52.7 Å². The zero-order valence-electron chi connectivity index (χ0n) is 17.2. The first-order valence-electron chi connectivity index (χ1n) is 10.2. The third kappa shape index (κ3) is 4.09. The second-order valence-corrected chi connectivity index (χ2v) is 8.90. The van der Waals surface area contributed by atoms with E-state index >= 15 is 0 Å². The van der Waals surface area contributed by atoms with Crippen molar-refractivity contribution in [1.82, 2.24) is 10.2 Å². The van der Waals surface area contributed by atoms with Gasteiger partial charge in [0.25, 0.3) is 5.91 Å². The van der Waals surface area contributed by atoms with Gasteiger partial charge in [0.1, 0.15) is 11.2 Å². The molecule has 0 aliphatic carbocycles. The van der Waals surface area contributed by atoms with Crippen LogP contribution in [0.3, 0.4) is 0 Å². The smallest absolute Gasteiger partial charge is 0.253 e. The van der Waals surface area contributed by atoms with Gasteiger partial charge in [0.15, 0.2) is 0 Å². The lowest BCUT2D eigenvalue weighted by atomic mass is 10.0. The number of hydrogen-bond donors (Lipinski definition) is 1. The van der Waals surface area contributed by atoms with E-state index in [2.05, 4.69) is 5.32 Å². The van der Waals surface area contributed by atoms with Crippen LogP contribution in [0.5, 0.6) is 0 Å². The van der Waals surface area contributed by atoms with Crippen molar-refractivity contribution in [2.24, 2.45) is 0 Å².